The molecule has 2 aliphatic rings. The van der Waals surface area contributed by atoms with Gasteiger partial charge in [-0.15, -0.1) is 0 Å². The highest BCUT2D eigenvalue weighted by Gasteiger charge is 2.25. The fourth-order valence-electron chi connectivity index (χ4n) is 8.27. The van der Waals surface area contributed by atoms with Crippen molar-refractivity contribution < 1.29 is 38.1 Å². The molecule has 4 aromatic rings. The summed E-state index contributed by atoms with van der Waals surface area (Å²) in [7, 11) is 0. The first-order chi connectivity index (χ1) is 31.3. The molecule has 0 heterocycles. The molecule has 4 aromatic carbocycles. The molecule has 12 nitrogen and oxygen atoms in total. The number of benzene rings is 4. The zero-order valence-corrected chi connectivity index (χ0v) is 37.9. The van der Waals surface area contributed by atoms with E-state index in [1.807, 2.05) is 0 Å². The first-order valence-electron chi connectivity index (χ1n) is 23.0. The molecule has 0 radical (unpaired) electrons. The Morgan fingerprint density at radius 3 is 1.23 bits per heavy atom. The van der Waals surface area contributed by atoms with Crippen LogP contribution >= 0.6 is 0 Å². The summed E-state index contributed by atoms with van der Waals surface area (Å²) < 4.78 is 21.8. The molecular weight excluding hydrogens is 821 g/mol. The largest absolute Gasteiger partial charge is 0.459 e. The fraction of sp³-hybridized carbons (Fsp3) is 0.396. The van der Waals surface area contributed by atoms with Crippen LogP contribution in [0.5, 0.6) is 0 Å². The molecule has 0 aliphatic heterocycles. The Hall–Kier alpha value is -6.56. The summed E-state index contributed by atoms with van der Waals surface area (Å²) in [6, 6.07) is 24.1. The summed E-state index contributed by atoms with van der Waals surface area (Å²) in [6.07, 6.45) is 20.6. The lowest BCUT2D eigenvalue weighted by Crippen LogP contribution is -2.24. The van der Waals surface area contributed by atoms with Crippen molar-refractivity contribution in [2.75, 3.05) is 22.9 Å². The number of anilines is 4. The van der Waals surface area contributed by atoms with Gasteiger partial charge in [-0.05, 0) is 158 Å². The van der Waals surface area contributed by atoms with Gasteiger partial charge in [-0.1, -0.05) is 70.2 Å². The van der Waals surface area contributed by atoms with Crippen LogP contribution in [0.15, 0.2) is 97.1 Å². The maximum atomic E-state index is 12.5. The maximum absolute atomic E-state index is 12.5. The molecule has 0 spiro atoms. The van der Waals surface area contributed by atoms with E-state index in [9.17, 15) is 19.2 Å². The Kier molecular flexibility index (Phi) is 19.5. The molecule has 0 unspecified atom stereocenters. The maximum Gasteiger partial charge on any atom is 0.338 e. The minimum absolute atomic E-state index is 0.0139. The number of esters is 4. The lowest BCUT2D eigenvalue weighted by atomic mass is 9.84. The average Bonchev–Trinajstić information content (AvgIpc) is 3.29. The number of nitrogens with two attached hydrogens (primary N) is 4. The summed E-state index contributed by atoms with van der Waals surface area (Å²) in [5, 5.41) is 0. The Labute approximate surface area is 383 Å². The summed E-state index contributed by atoms with van der Waals surface area (Å²) in [4.78, 5) is 48.9. The third-order valence-electron chi connectivity index (χ3n) is 11.8. The third-order valence-corrected chi connectivity index (χ3v) is 11.8. The number of hydrogen-bond acceptors (Lipinski definition) is 12. The van der Waals surface area contributed by atoms with Crippen LogP contribution in [0.2, 0.25) is 0 Å². The van der Waals surface area contributed by atoms with Crippen LogP contribution in [0, 0.1) is 11.8 Å². The molecule has 6 rings (SSSR count). The van der Waals surface area contributed by atoms with E-state index in [0.29, 0.717) is 33.9 Å². The van der Waals surface area contributed by atoms with Gasteiger partial charge in [0.1, 0.15) is 25.4 Å². The van der Waals surface area contributed by atoms with Crippen LogP contribution < -0.4 is 22.9 Å². The second-order valence-corrected chi connectivity index (χ2v) is 17.2. The first kappa shape index (κ1) is 49.5. The highest BCUT2D eigenvalue weighted by molar-refractivity contribution is 5.91. The summed E-state index contributed by atoms with van der Waals surface area (Å²) in [5.41, 5.74) is 29.1. The van der Waals surface area contributed by atoms with Gasteiger partial charge in [0.05, 0.1) is 11.1 Å². The van der Waals surface area contributed by atoms with Crippen molar-refractivity contribution in [1.82, 2.24) is 0 Å². The number of ether oxygens (including phenoxy) is 4. The Balaban J connectivity index is 0.000000244. The standard InChI is InChI=1S/C27H34N2O4.C26H32N2O4/c1-2-3-4-19-7-12-25(13-8-19)33-27(31)22-10-5-20(6-11-22)9-14-26(30)32-18-21-15-23(28)17-24(29)16-21;1-2-3-18-6-11-24(12-7-18)32-26(30)21-9-4-19(5-10-21)8-13-25(29)31-17-20-14-22(27)16-23(28)15-20/h5-6,9-11,14-17,19,25H,2-4,7-8,12-13,18,28-29H2,1H3;4-5,8-10,13-16,18,24H,2-3,6-7,11-12,17,27-28H2,1H3/b14-9+;13-8+. The smallest absolute Gasteiger partial charge is 0.338 e. The van der Waals surface area contributed by atoms with Crippen LogP contribution in [-0.2, 0) is 41.8 Å². The van der Waals surface area contributed by atoms with Crippen LogP contribution in [0.4, 0.5) is 22.7 Å². The lowest BCUT2D eigenvalue weighted by molar-refractivity contribution is -0.139. The molecule has 0 saturated heterocycles. The van der Waals surface area contributed by atoms with Gasteiger partial charge in [-0.25, -0.2) is 19.2 Å². The predicted octanol–water partition coefficient (Wildman–Crippen LogP) is 10.6. The second kappa shape index (κ2) is 25.7. The zero-order valence-electron chi connectivity index (χ0n) is 37.9. The van der Waals surface area contributed by atoms with Crippen molar-refractivity contribution in [3.05, 3.63) is 130 Å². The topological polar surface area (TPSA) is 209 Å². The van der Waals surface area contributed by atoms with Crippen LogP contribution in [0.1, 0.15) is 140 Å². The zero-order chi connectivity index (χ0) is 46.6. The average molecular weight is 887 g/mol. The van der Waals surface area contributed by atoms with Crippen molar-refractivity contribution in [3.8, 4) is 0 Å². The highest BCUT2D eigenvalue weighted by Crippen LogP contribution is 2.31. The van der Waals surface area contributed by atoms with Crippen LogP contribution in [0.3, 0.4) is 0 Å². The fourth-order valence-corrected chi connectivity index (χ4v) is 8.27. The van der Waals surface area contributed by atoms with Gasteiger partial charge >= 0.3 is 23.9 Å². The Bertz CT molecular complexity index is 2180. The van der Waals surface area contributed by atoms with E-state index in [1.54, 1.807) is 97.1 Å². The van der Waals surface area contributed by atoms with Crippen molar-refractivity contribution >= 4 is 58.8 Å². The van der Waals surface area contributed by atoms with Gasteiger partial charge in [0, 0.05) is 34.9 Å². The van der Waals surface area contributed by atoms with Gasteiger partial charge in [-0.2, -0.15) is 0 Å². The molecule has 346 valence electrons. The minimum Gasteiger partial charge on any atom is -0.459 e. The van der Waals surface area contributed by atoms with Gasteiger partial charge in [-0.3, -0.25) is 0 Å². The van der Waals surface area contributed by atoms with Gasteiger partial charge in [0.15, 0.2) is 0 Å². The molecule has 2 fully saturated rings. The SMILES string of the molecule is CCCC1CCC(OC(=O)c2ccc(/C=C/C(=O)OCc3cc(N)cc(N)c3)cc2)CC1.CCCCC1CCC(OC(=O)c2ccc(/C=C/C(=O)OCc3cc(N)cc(N)c3)cc2)CC1. The number of carbonyl (C=O) groups excluding carboxylic acids is 4. The number of nitrogen functional groups attached to an aromatic ring is 4. The molecule has 12 heteroatoms. The first-order valence-corrected chi connectivity index (χ1v) is 23.0. The Morgan fingerprint density at radius 1 is 0.508 bits per heavy atom. The second-order valence-electron chi connectivity index (χ2n) is 17.2. The molecule has 2 saturated carbocycles. The van der Waals surface area contributed by atoms with Crippen molar-refractivity contribution in [2.45, 2.75) is 123 Å². The van der Waals surface area contributed by atoms with E-state index < -0.39 is 11.9 Å². The third kappa shape index (κ3) is 17.5. The monoisotopic (exact) mass is 886 g/mol. The van der Waals surface area contributed by atoms with E-state index in [1.165, 1.54) is 44.3 Å². The van der Waals surface area contributed by atoms with Crippen LogP contribution in [0.25, 0.3) is 12.2 Å². The van der Waals surface area contributed by atoms with Gasteiger partial charge < -0.3 is 41.9 Å². The summed E-state index contributed by atoms with van der Waals surface area (Å²) >= 11 is 0. The van der Waals surface area contributed by atoms with Gasteiger partial charge in [0.25, 0.3) is 0 Å². The quantitative estimate of drug-likeness (QED) is 0.0338. The highest BCUT2D eigenvalue weighted by atomic mass is 16.6. The molecular formula is C53H66N4O8. The summed E-state index contributed by atoms with van der Waals surface area (Å²) in [5.74, 6) is 0.0177. The van der Waals surface area contributed by atoms with Crippen molar-refractivity contribution in [3.63, 3.8) is 0 Å². The van der Waals surface area contributed by atoms with E-state index in [0.717, 1.165) is 85.5 Å². The van der Waals surface area contributed by atoms with E-state index in [2.05, 4.69) is 13.8 Å². The molecule has 2 aliphatic carbocycles. The van der Waals surface area contributed by atoms with Crippen LogP contribution in [-0.4, -0.2) is 36.1 Å². The number of hydrogen-bond donors (Lipinski definition) is 4. The Morgan fingerprint density at radius 2 is 0.877 bits per heavy atom. The number of unbranched alkanes of at least 4 members (excludes halogenated alkanes) is 1. The molecule has 0 atom stereocenters. The molecule has 0 bridgehead atoms. The number of carbonyl (C=O) groups is 4. The minimum atomic E-state index is -0.479. The molecule has 65 heavy (non-hydrogen) atoms. The van der Waals surface area contributed by atoms with E-state index in [4.69, 9.17) is 41.9 Å². The van der Waals surface area contributed by atoms with Crippen molar-refractivity contribution in [2.24, 2.45) is 11.8 Å². The predicted molar refractivity (Wildman–Crippen MR) is 258 cm³/mol. The lowest BCUT2D eigenvalue weighted by Gasteiger charge is -2.28. The van der Waals surface area contributed by atoms with E-state index >= 15 is 0 Å². The summed E-state index contributed by atoms with van der Waals surface area (Å²) in [6.45, 7) is 4.61. The van der Waals surface area contributed by atoms with Crippen molar-refractivity contribution in [1.29, 1.82) is 0 Å². The molecule has 0 aromatic heterocycles. The molecule has 8 N–H and O–H groups in total. The number of rotatable bonds is 17. The molecule has 0 amide bonds. The van der Waals surface area contributed by atoms with E-state index in [-0.39, 0.29) is 37.4 Å². The van der Waals surface area contributed by atoms with Gasteiger partial charge in [0.2, 0.25) is 0 Å². The normalized spacial score (nSPS) is 18.3.